The van der Waals surface area contributed by atoms with Crippen LogP contribution in [0.25, 0.3) is 0 Å². The molecule has 0 fully saturated rings. The first-order valence-corrected chi connectivity index (χ1v) is 14.8. The zero-order valence-corrected chi connectivity index (χ0v) is 21.1. The molecule has 0 aromatic rings. The first kappa shape index (κ1) is 26.6. The molecule has 24 heavy (non-hydrogen) atoms. The van der Waals surface area contributed by atoms with Gasteiger partial charge in [0.25, 0.3) is 0 Å². The van der Waals surface area contributed by atoms with Crippen LogP contribution in [0.3, 0.4) is 0 Å². The number of hydrogen-bond acceptors (Lipinski definition) is 2. The molecule has 148 valence electrons. The smallest absolute Gasteiger partial charge is 0.184 e. The van der Waals surface area contributed by atoms with Crippen LogP contribution >= 0.6 is 0 Å². The van der Waals surface area contributed by atoms with E-state index < -0.39 is 16.6 Å². The van der Waals surface area contributed by atoms with Crippen LogP contribution in [0.2, 0.25) is 34.3 Å². The van der Waals surface area contributed by atoms with Gasteiger partial charge in [0.05, 0.1) is 0 Å². The van der Waals surface area contributed by atoms with E-state index in [0.29, 0.717) is 10.1 Å². The van der Waals surface area contributed by atoms with Gasteiger partial charge in [-0.25, -0.2) is 0 Å². The van der Waals surface area contributed by atoms with E-state index >= 15 is 0 Å². The summed E-state index contributed by atoms with van der Waals surface area (Å²) in [6.45, 7) is 29.5. The third kappa shape index (κ3) is 6.93. The highest BCUT2D eigenvalue weighted by molar-refractivity contribution is 6.89. The normalized spacial score (nSPS) is 13.5. The molecule has 0 amide bonds. The minimum atomic E-state index is -1.67. The van der Waals surface area contributed by atoms with Crippen LogP contribution < -0.4 is 0 Å². The number of hydrogen-bond donors (Lipinski definition) is 0. The lowest BCUT2D eigenvalue weighted by Gasteiger charge is -2.52. The second-order valence-corrected chi connectivity index (χ2v) is 19.4. The van der Waals surface area contributed by atoms with E-state index in [1.165, 1.54) is 24.2 Å². The fourth-order valence-electron chi connectivity index (χ4n) is 3.79. The summed E-state index contributed by atoms with van der Waals surface area (Å²) < 4.78 is 12.1. The molecule has 2 nitrogen and oxygen atoms in total. The summed E-state index contributed by atoms with van der Waals surface area (Å²) in [5.74, 6) is 0. The summed E-state index contributed by atoms with van der Waals surface area (Å²) in [4.78, 5) is 0. The van der Waals surface area contributed by atoms with Crippen molar-refractivity contribution >= 4 is 16.6 Å². The van der Waals surface area contributed by atoms with E-state index in [-0.39, 0.29) is 0 Å². The first-order valence-electron chi connectivity index (χ1n) is 10.1. The van der Waals surface area contributed by atoms with E-state index in [1.54, 1.807) is 0 Å². The SMILES string of the molecule is CCOCC.CC[Si](CC)(O[Si](CC)(CC)C(C)(C)C)C(C)(C)C. The quantitative estimate of drug-likeness (QED) is 0.406. The molecule has 0 saturated carbocycles. The van der Waals surface area contributed by atoms with E-state index in [1.807, 2.05) is 13.8 Å². The predicted molar refractivity (Wildman–Crippen MR) is 116 cm³/mol. The van der Waals surface area contributed by atoms with E-state index in [4.69, 9.17) is 8.85 Å². The Kier molecular flexibility index (Phi) is 12.3. The van der Waals surface area contributed by atoms with E-state index in [9.17, 15) is 0 Å². The molecule has 0 radical (unpaired) electrons. The second-order valence-electron chi connectivity index (χ2n) is 8.79. The van der Waals surface area contributed by atoms with Crippen LogP contribution in [0.15, 0.2) is 0 Å². The van der Waals surface area contributed by atoms with Gasteiger partial charge in [0.2, 0.25) is 0 Å². The zero-order valence-electron chi connectivity index (χ0n) is 19.1. The third-order valence-electron chi connectivity index (χ3n) is 5.82. The van der Waals surface area contributed by atoms with Crippen molar-refractivity contribution in [1.82, 2.24) is 0 Å². The van der Waals surface area contributed by atoms with Crippen LogP contribution in [0.1, 0.15) is 83.1 Å². The van der Waals surface area contributed by atoms with Crippen molar-refractivity contribution in [2.75, 3.05) is 13.2 Å². The van der Waals surface area contributed by atoms with Crippen LogP contribution in [0, 0.1) is 0 Å². The molecule has 0 heterocycles. The topological polar surface area (TPSA) is 18.5 Å². The summed E-state index contributed by atoms with van der Waals surface area (Å²) in [6, 6.07) is 4.99. The molecule has 0 atom stereocenters. The van der Waals surface area contributed by atoms with Crippen molar-refractivity contribution in [2.45, 2.75) is 117 Å². The Morgan fingerprint density at radius 1 is 0.542 bits per heavy atom. The number of ether oxygens (including phenoxy) is 1. The Morgan fingerprint density at radius 2 is 0.792 bits per heavy atom. The highest BCUT2D eigenvalue weighted by Gasteiger charge is 2.52. The molecule has 0 spiro atoms. The summed E-state index contributed by atoms with van der Waals surface area (Å²) in [5, 5.41) is 0.675. The van der Waals surface area contributed by atoms with E-state index in [2.05, 4.69) is 69.2 Å². The monoisotopic (exact) mass is 376 g/mol. The lowest BCUT2D eigenvalue weighted by Crippen LogP contribution is -2.58. The van der Waals surface area contributed by atoms with Crippen molar-refractivity contribution in [3.63, 3.8) is 0 Å². The molecule has 0 aliphatic rings. The average Bonchev–Trinajstić information content (AvgIpc) is 2.48. The van der Waals surface area contributed by atoms with Gasteiger partial charge in [-0.05, 0) is 48.1 Å². The minimum Gasteiger partial charge on any atom is -0.454 e. The van der Waals surface area contributed by atoms with Gasteiger partial charge in [0, 0.05) is 13.2 Å². The van der Waals surface area contributed by atoms with Crippen LogP contribution in [-0.4, -0.2) is 29.8 Å². The molecule has 0 rings (SSSR count). The predicted octanol–water partition coefficient (Wildman–Crippen LogP) is 7.62. The molecule has 0 bridgehead atoms. The second kappa shape index (κ2) is 11.1. The van der Waals surface area contributed by atoms with Crippen molar-refractivity contribution in [1.29, 1.82) is 0 Å². The van der Waals surface area contributed by atoms with Gasteiger partial charge in [0.15, 0.2) is 16.6 Å². The summed E-state index contributed by atoms with van der Waals surface area (Å²) in [5.41, 5.74) is 0. The van der Waals surface area contributed by atoms with E-state index in [0.717, 1.165) is 13.2 Å². The van der Waals surface area contributed by atoms with Crippen molar-refractivity contribution in [3.05, 3.63) is 0 Å². The summed E-state index contributed by atoms with van der Waals surface area (Å²) in [6.07, 6.45) is 0. The van der Waals surface area contributed by atoms with Crippen LogP contribution in [-0.2, 0) is 8.85 Å². The maximum atomic E-state index is 7.23. The van der Waals surface area contributed by atoms with Gasteiger partial charge in [-0.15, -0.1) is 0 Å². The standard InChI is InChI=1S/C16H38OSi2.C4H10O/c1-11-18(12-2,15(5,6)7)17-19(13-3,14-4)16(8,9)10;1-3-5-4-2/h11-14H2,1-10H3;3-4H2,1-2H3. The molecule has 0 N–H and O–H groups in total. The number of rotatable bonds is 8. The zero-order chi connectivity index (χ0) is 19.7. The van der Waals surface area contributed by atoms with Crippen molar-refractivity contribution < 1.29 is 8.85 Å². The van der Waals surface area contributed by atoms with Crippen LogP contribution in [0.5, 0.6) is 0 Å². The average molecular weight is 377 g/mol. The highest BCUT2D eigenvalue weighted by atomic mass is 28.4. The highest BCUT2D eigenvalue weighted by Crippen LogP contribution is 2.50. The van der Waals surface area contributed by atoms with Crippen molar-refractivity contribution in [2.24, 2.45) is 0 Å². The van der Waals surface area contributed by atoms with Gasteiger partial charge in [0.1, 0.15) is 0 Å². The van der Waals surface area contributed by atoms with Gasteiger partial charge >= 0.3 is 0 Å². The molecule has 0 aromatic heterocycles. The molecular formula is C20H48O2Si2. The Balaban J connectivity index is 0. The van der Waals surface area contributed by atoms with Gasteiger partial charge in [-0.2, -0.15) is 0 Å². The first-order chi connectivity index (χ1) is 10.9. The minimum absolute atomic E-state index is 0.338. The molecule has 0 unspecified atom stereocenters. The Hall–Kier alpha value is 0.354. The van der Waals surface area contributed by atoms with Gasteiger partial charge < -0.3 is 8.85 Å². The lowest BCUT2D eigenvalue weighted by molar-refractivity contribution is 0.162. The van der Waals surface area contributed by atoms with Gasteiger partial charge in [-0.1, -0.05) is 69.2 Å². The Bertz CT molecular complexity index is 279. The van der Waals surface area contributed by atoms with Crippen LogP contribution in [0.4, 0.5) is 0 Å². The Labute approximate surface area is 156 Å². The summed E-state index contributed by atoms with van der Waals surface area (Å²) >= 11 is 0. The molecular weight excluding hydrogens is 328 g/mol. The summed E-state index contributed by atoms with van der Waals surface area (Å²) in [7, 11) is -3.34. The Morgan fingerprint density at radius 3 is 0.875 bits per heavy atom. The maximum absolute atomic E-state index is 7.23. The molecule has 0 aliphatic heterocycles. The molecule has 0 aromatic carbocycles. The molecule has 4 heteroatoms. The van der Waals surface area contributed by atoms with Crippen molar-refractivity contribution in [3.8, 4) is 0 Å². The third-order valence-corrected chi connectivity index (χ3v) is 19.0. The fraction of sp³-hybridized carbons (Fsp3) is 1.00. The largest absolute Gasteiger partial charge is 0.454 e. The maximum Gasteiger partial charge on any atom is 0.184 e. The lowest BCUT2D eigenvalue weighted by atomic mass is 10.2. The molecule has 0 aliphatic carbocycles. The molecule has 0 saturated heterocycles. The van der Waals surface area contributed by atoms with Gasteiger partial charge in [-0.3, -0.25) is 0 Å². The fourth-order valence-corrected chi connectivity index (χ4v) is 16.8.